The van der Waals surface area contributed by atoms with Crippen LogP contribution < -0.4 is 15.1 Å². The van der Waals surface area contributed by atoms with Crippen LogP contribution in [-0.2, 0) is 9.53 Å². The molecule has 3 aliphatic heterocycles. The SMILES string of the molecule is CCOC(=O)NC(C(=O)N1CCC[C@H]1c1nc2ccc([C@H]3CCCN3c3cc(F)c(N4CCC(c5ccccc5)CC4)c(F)c3)cc2[nH]1)C(C)C. The van der Waals surface area contributed by atoms with E-state index in [9.17, 15) is 9.59 Å². The van der Waals surface area contributed by atoms with Crippen molar-refractivity contribution in [3.05, 3.63) is 89.2 Å². The minimum atomic E-state index is -0.704. The third-order valence-electron chi connectivity index (χ3n) is 10.9. The number of halogens is 2. The van der Waals surface area contributed by atoms with Crippen LogP contribution in [0.15, 0.2) is 60.7 Å². The normalized spacial score (nSPS) is 20.4. The lowest BCUT2D eigenvalue weighted by molar-refractivity contribution is -0.135. The summed E-state index contributed by atoms with van der Waals surface area (Å²) in [6, 6.07) is 18.5. The summed E-state index contributed by atoms with van der Waals surface area (Å²) >= 11 is 0. The molecule has 1 unspecified atom stereocenters. The lowest BCUT2D eigenvalue weighted by atomic mass is 9.89. The van der Waals surface area contributed by atoms with E-state index in [1.165, 1.54) is 17.7 Å². The van der Waals surface area contributed by atoms with E-state index >= 15 is 8.78 Å². The monoisotopic (exact) mass is 698 g/mol. The van der Waals surface area contributed by atoms with Crippen molar-refractivity contribution in [1.29, 1.82) is 0 Å². The van der Waals surface area contributed by atoms with Crippen molar-refractivity contribution >= 4 is 34.4 Å². The van der Waals surface area contributed by atoms with Gasteiger partial charge >= 0.3 is 6.09 Å². The number of nitrogens with one attached hydrogen (secondary N) is 2. The number of ether oxygens (including phenoxy) is 1. The molecule has 270 valence electrons. The standard InChI is InChI=1S/C40H48F2N6O3/c1-4-51-40(50)45-36(25(2)3)39(49)48-19-9-13-35(48)38-43-32-15-14-28(22-33(32)44-38)34-12-8-18-47(34)29-23-30(41)37(31(42)24-29)46-20-16-27(17-21-46)26-10-6-5-7-11-26/h5-7,10-11,14-15,22-25,27,34-36H,4,8-9,12-13,16-21H2,1-3H3,(H,43,44)(H,45,50)/t34-,35+,36?/m1/s1. The second-order valence-electron chi connectivity index (χ2n) is 14.5. The molecule has 3 atom stereocenters. The van der Waals surface area contributed by atoms with Gasteiger partial charge < -0.3 is 29.7 Å². The average Bonchev–Trinajstić information content (AvgIpc) is 3.90. The molecule has 0 aliphatic carbocycles. The van der Waals surface area contributed by atoms with Crippen molar-refractivity contribution in [3.8, 4) is 0 Å². The number of fused-ring (bicyclic) bond motifs is 1. The maximum Gasteiger partial charge on any atom is 0.407 e. The summed E-state index contributed by atoms with van der Waals surface area (Å²) in [6.07, 6.45) is 4.48. The van der Waals surface area contributed by atoms with Crippen LogP contribution in [-0.4, -0.2) is 65.7 Å². The molecule has 3 saturated heterocycles. The minimum absolute atomic E-state index is 0.0438. The number of hydrogen-bond acceptors (Lipinski definition) is 6. The van der Waals surface area contributed by atoms with Gasteiger partial charge in [-0.05, 0) is 92.7 Å². The molecule has 2 N–H and O–H groups in total. The molecule has 9 nitrogen and oxygen atoms in total. The molecule has 4 aromatic rings. The molecule has 1 aromatic heterocycles. The summed E-state index contributed by atoms with van der Waals surface area (Å²) in [7, 11) is 0. The van der Waals surface area contributed by atoms with E-state index in [1.54, 1.807) is 6.92 Å². The molecule has 51 heavy (non-hydrogen) atoms. The molecule has 7 rings (SSSR count). The number of nitrogens with zero attached hydrogens (tertiary/aromatic N) is 4. The number of aromatic nitrogens is 2. The first-order valence-electron chi connectivity index (χ1n) is 18.5. The zero-order chi connectivity index (χ0) is 35.6. The van der Waals surface area contributed by atoms with Crippen molar-refractivity contribution < 1.29 is 23.1 Å². The van der Waals surface area contributed by atoms with Crippen molar-refractivity contribution in [2.24, 2.45) is 5.92 Å². The molecular weight excluding hydrogens is 650 g/mol. The fourth-order valence-corrected chi connectivity index (χ4v) is 8.32. The van der Waals surface area contributed by atoms with E-state index in [0.717, 1.165) is 55.1 Å². The minimum Gasteiger partial charge on any atom is -0.450 e. The Balaban J connectivity index is 1.07. The number of anilines is 2. The molecular formula is C40H48F2N6O3. The van der Waals surface area contributed by atoms with Gasteiger partial charge in [0.2, 0.25) is 5.91 Å². The number of rotatable bonds is 9. The quantitative estimate of drug-likeness (QED) is 0.184. The number of hydrogen-bond donors (Lipinski definition) is 2. The maximum atomic E-state index is 15.8. The Morgan fingerprint density at radius 3 is 2.31 bits per heavy atom. The molecule has 3 fully saturated rings. The fraction of sp³-hybridized carbons (Fsp3) is 0.475. The molecule has 0 spiro atoms. The van der Waals surface area contributed by atoms with Gasteiger partial charge in [0.05, 0.1) is 29.7 Å². The predicted octanol–water partition coefficient (Wildman–Crippen LogP) is 8.00. The van der Waals surface area contributed by atoms with Crippen LogP contribution in [0.25, 0.3) is 11.0 Å². The first-order valence-corrected chi connectivity index (χ1v) is 18.5. The van der Waals surface area contributed by atoms with Crippen LogP contribution in [0.1, 0.15) is 94.2 Å². The van der Waals surface area contributed by atoms with E-state index in [0.29, 0.717) is 43.6 Å². The summed E-state index contributed by atoms with van der Waals surface area (Å²) in [5.74, 6) is -0.191. The Kier molecular flexibility index (Phi) is 10.2. The van der Waals surface area contributed by atoms with Crippen LogP contribution in [0.5, 0.6) is 0 Å². The Hall–Kier alpha value is -4.67. The highest BCUT2D eigenvalue weighted by Crippen LogP contribution is 2.41. The van der Waals surface area contributed by atoms with Crippen LogP contribution in [0, 0.1) is 17.6 Å². The van der Waals surface area contributed by atoms with Gasteiger partial charge in [-0.2, -0.15) is 0 Å². The average molecular weight is 699 g/mol. The molecule has 2 amide bonds. The fourth-order valence-electron chi connectivity index (χ4n) is 8.32. The molecule has 0 radical (unpaired) electrons. The summed E-state index contributed by atoms with van der Waals surface area (Å²) in [5, 5.41) is 2.75. The molecule has 3 aliphatic rings. The van der Waals surface area contributed by atoms with Crippen LogP contribution in [0.2, 0.25) is 0 Å². The number of aromatic amines is 1. The van der Waals surface area contributed by atoms with Gasteiger partial charge in [0.25, 0.3) is 0 Å². The highest BCUT2D eigenvalue weighted by Gasteiger charge is 2.38. The van der Waals surface area contributed by atoms with E-state index in [2.05, 4.69) is 33.4 Å². The Morgan fingerprint density at radius 2 is 1.61 bits per heavy atom. The van der Waals surface area contributed by atoms with E-state index in [4.69, 9.17) is 9.72 Å². The number of imidazole rings is 1. The maximum absolute atomic E-state index is 15.8. The van der Waals surface area contributed by atoms with E-state index < -0.39 is 23.8 Å². The third-order valence-corrected chi connectivity index (χ3v) is 10.9. The van der Waals surface area contributed by atoms with Gasteiger partial charge in [-0.3, -0.25) is 4.79 Å². The number of alkyl carbamates (subject to hydrolysis) is 1. The Morgan fingerprint density at radius 1 is 0.902 bits per heavy atom. The number of piperidine rings is 1. The lowest BCUT2D eigenvalue weighted by Crippen LogP contribution is -2.51. The topological polar surface area (TPSA) is 93.8 Å². The van der Waals surface area contributed by atoms with E-state index in [-0.39, 0.29) is 36.2 Å². The molecule has 3 aromatic carbocycles. The summed E-state index contributed by atoms with van der Waals surface area (Å²) in [6.45, 7) is 8.27. The first-order chi connectivity index (χ1) is 24.7. The molecule has 0 bridgehead atoms. The second kappa shape index (κ2) is 14.9. The van der Waals surface area contributed by atoms with Crippen molar-refractivity contribution in [3.63, 3.8) is 0 Å². The smallest absolute Gasteiger partial charge is 0.407 e. The summed E-state index contributed by atoms with van der Waals surface area (Å²) in [4.78, 5) is 40.1. The number of carbonyl (C=O) groups excluding carboxylic acids is 2. The first kappa shape index (κ1) is 34.8. The van der Waals surface area contributed by atoms with E-state index in [1.807, 2.05) is 54.0 Å². The van der Waals surface area contributed by atoms with Crippen molar-refractivity contribution in [2.75, 3.05) is 42.6 Å². The Bertz CT molecular complexity index is 1830. The predicted molar refractivity (Wildman–Crippen MR) is 195 cm³/mol. The van der Waals surface area contributed by atoms with Gasteiger partial charge in [0, 0.05) is 31.9 Å². The zero-order valence-electron chi connectivity index (χ0n) is 29.7. The number of amides is 2. The van der Waals surface area contributed by atoms with Crippen LogP contribution >= 0.6 is 0 Å². The highest BCUT2D eigenvalue weighted by molar-refractivity contribution is 5.86. The van der Waals surface area contributed by atoms with Crippen molar-refractivity contribution in [2.45, 2.75) is 83.3 Å². The van der Waals surface area contributed by atoms with Gasteiger partial charge in [-0.25, -0.2) is 18.6 Å². The third kappa shape index (κ3) is 7.12. The highest BCUT2D eigenvalue weighted by atomic mass is 19.1. The van der Waals surface area contributed by atoms with Gasteiger partial charge in [-0.1, -0.05) is 50.2 Å². The zero-order valence-corrected chi connectivity index (χ0v) is 29.7. The van der Waals surface area contributed by atoms with Crippen LogP contribution in [0.3, 0.4) is 0 Å². The number of carbonyl (C=O) groups is 2. The van der Waals surface area contributed by atoms with Gasteiger partial charge in [-0.15, -0.1) is 0 Å². The molecule has 0 saturated carbocycles. The number of benzene rings is 3. The van der Waals surface area contributed by atoms with Crippen LogP contribution in [0.4, 0.5) is 25.0 Å². The van der Waals surface area contributed by atoms with Gasteiger partial charge in [0.1, 0.15) is 17.6 Å². The lowest BCUT2D eigenvalue weighted by Gasteiger charge is -2.35. The number of likely N-dealkylation sites (tertiary alicyclic amines) is 1. The van der Waals surface area contributed by atoms with Gasteiger partial charge in [0.15, 0.2) is 11.6 Å². The molecule has 11 heteroatoms. The second-order valence-corrected chi connectivity index (χ2v) is 14.5. The summed E-state index contributed by atoms with van der Waals surface area (Å²) in [5.41, 5.74) is 4.60. The largest absolute Gasteiger partial charge is 0.450 e. The van der Waals surface area contributed by atoms with Crippen molar-refractivity contribution in [1.82, 2.24) is 20.2 Å². The number of H-pyrrole nitrogens is 1. The summed E-state index contributed by atoms with van der Waals surface area (Å²) < 4.78 is 36.6. The molecule has 4 heterocycles. The Labute approximate surface area is 298 Å².